The van der Waals surface area contributed by atoms with E-state index < -0.39 is 29.3 Å². The molecule has 0 saturated heterocycles. The third-order valence-corrected chi connectivity index (χ3v) is 3.21. The summed E-state index contributed by atoms with van der Waals surface area (Å²) in [5, 5.41) is 0. The highest BCUT2D eigenvalue weighted by atomic mass is 79.9. The second-order valence-corrected chi connectivity index (χ2v) is 6.98. The summed E-state index contributed by atoms with van der Waals surface area (Å²) < 4.78 is 6.07. The first kappa shape index (κ1) is 19.2. The van der Waals surface area contributed by atoms with E-state index in [1.165, 1.54) is 6.92 Å². The van der Waals surface area contributed by atoms with Crippen LogP contribution >= 0.6 is 15.9 Å². The quantitative estimate of drug-likeness (QED) is 0.616. The summed E-state index contributed by atoms with van der Waals surface area (Å²) in [6.45, 7) is 6.56. The average molecular weight is 385 g/mol. The molecule has 23 heavy (non-hydrogen) atoms. The molecule has 1 unspecified atom stereocenters. The molecule has 7 heteroatoms. The highest BCUT2D eigenvalue weighted by Gasteiger charge is 2.27. The first-order valence-electron chi connectivity index (χ1n) is 7.12. The van der Waals surface area contributed by atoms with Gasteiger partial charge in [0.15, 0.2) is 0 Å². The Labute approximate surface area is 144 Å². The number of benzene rings is 1. The van der Waals surface area contributed by atoms with E-state index in [0.717, 1.165) is 4.47 Å². The SMILES string of the molecule is CC(=O)NNC(=O)C(CC(=O)OC(C)(C)C)c1cccc(Br)c1. The highest BCUT2D eigenvalue weighted by Crippen LogP contribution is 2.24. The molecule has 0 spiro atoms. The molecular formula is C16H21BrN2O4. The molecule has 0 heterocycles. The summed E-state index contributed by atoms with van der Waals surface area (Å²) >= 11 is 3.34. The van der Waals surface area contributed by atoms with E-state index in [-0.39, 0.29) is 6.42 Å². The van der Waals surface area contributed by atoms with Gasteiger partial charge in [0.05, 0.1) is 12.3 Å². The number of hydrogen-bond acceptors (Lipinski definition) is 4. The molecule has 2 N–H and O–H groups in total. The molecule has 0 bridgehead atoms. The van der Waals surface area contributed by atoms with Crippen LogP contribution in [-0.4, -0.2) is 23.4 Å². The first-order chi connectivity index (χ1) is 10.6. The number of amides is 2. The van der Waals surface area contributed by atoms with Crippen molar-refractivity contribution in [3.8, 4) is 0 Å². The molecule has 1 aromatic rings. The topological polar surface area (TPSA) is 84.5 Å². The van der Waals surface area contributed by atoms with Crippen molar-refractivity contribution in [1.82, 2.24) is 10.9 Å². The normalized spacial score (nSPS) is 12.2. The van der Waals surface area contributed by atoms with Gasteiger partial charge in [0.1, 0.15) is 5.60 Å². The predicted octanol–water partition coefficient (Wildman–Crippen LogP) is 2.43. The number of nitrogens with one attached hydrogen (secondary N) is 2. The van der Waals surface area contributed by atoms with E-state index >= 15 is 0 Å². The van der Waals surface area contributed by atoms with Crippen molar-refractivity contribution in [2.45, 2.75) is 45.6 Å². The number of halogens is 1. The van der Waals surface area contributed by atoms with Crippen molar-refractivity contribution < 1.29 is 19.1 Å². The molecule has 0 radical (unpaired) electrons. The van der Waals surface area contributed by atoms with Crippen LogP contribution in [0.5, 0.6) is 0 Å². The molecule has 0 aliphatic heterocycles. The number of esters is 1. The zero-order valence-electron chi connectivity index (χ0n) is 13.6. The molecular weight excluding hydrogens is 364 g/mol. The second-order valence-electron chi connectivity index (χ2n) is 6.07. The van der Waals surface area contributed by atoms with E-state index in [1.54, 1.807) is 39.0 Å². The molecule has 2 amide bonds. The van der Waals surface area contributed by atoms with Gasteiger partial charge in [-0.1, -0.05) is 28.1 Å². The lowest BCUT2D eigenvalue weighted by Crippen LogP contribution is -2.43. The van der Waals surface area contributed by atoms with Crippen molar-refractivity contribution >= 4 is 33.7 Å². The Morgan fingerprint density at radius 1 is 1.22 bits per heavy atom. The summed E-state index contributed by atoms with van der Waals surface area (Å²) in [7, 11) is 0. The largest absolute Gasteiger partial charge is 0.460 e. The minimum atomic E-state index is -0.769. The van der Waals surface area contributed by atoms with E-state index in [9.17, 15) is 14.4 Å². The fraction of sp³-hybridized carbons (Fsp3) is 0.438. The molecule has 0 aliphatic carbocycles. The van der Waals surface area contributed by atoms with Gasteiger partial charge >= 0.3 is 5.97 Å². The zero-order valence-corrected chi connectivity index (χ0v) is 15.2. The van der Waals surface area contributed by atoms with Gasteiger partial charge in [-0.3, -0.25) is 25.2 Å². The van der Waals surface area contributed by atoms with Crippen molar-refractivity contribution in [1.29, 1.82) is 0 Å². The summed E-state index contributed by atoms with van der Waals surface area (Å²) in [6.07, 6.45) is -0.126. The van der Waals surface area contributed by atoms with Crippen LogP contribution in [0, 0.1) is 0 Å². The van der Waals surface area contributed by atoms with Crippen LogP contribution in [0.25, 0.3) is 0 Å². The monoisotopic (exact) mass is 384 g/mol. The molecule has 1 atom stereocenters. The Balaban J connectivity index is 2.94. The highest BCUT2D eigenvalue weighted by molar-refractivity contribution is 9.10. The van der Waals surface area contributed by atoms with Gasteiger partial charge in [0, 0.05) is 11.4 Å². The van der Waals surface area contributed by atoms with Crippen molar-refractivity contribution in [3.05, 3.63) is 34.3 Å². The minimum absolute atomic E-state index is 0.126. The number of carbonyl (C=O) groups is 3. The maximum atomic E-state index is 12.3. The Kier molecular flexibility index (Phi) is 6.75. The Morgan fingerprint density at radius 3 is 2.39 bits per heavy atom. The summed E-state index contributed by atoms with van der Waals surface area (Å²) in [5.41, 5.74) is 4.55. The van der Waals surface area contributed by atoms with Crippen LogP contribution in [0.15, 0.2) is 28.7 Å². The summed E-state index contributed by atoms with van der Waals surface area (Å²) in [6, 6.07) is 7.09. The lowest BCUT2D eigenvalue weighted by Gasteiger charge is -2.22. The average Bonchev–Trinajstić information content (AvgIpc) is 2.40. The van der Waals surface area contributed by atoms with E-state index in [0.29, 0.717) is 5.56 Å². The number of rotatable bonds is 4. The maximum absolute atomic E-state index is 12.3. The van der Waals surface area contributed by atoms with Crippen LogP contribution in [0.2, 0.25) is 0 Å². The number of ether oxygens (including phenoxy) is 1. The second kappa shape index (κ2) is 8.10. The van der Waals surface area contributed by atoms with Crippen LogP contribution in [0.1, 0.15) is 45.6 Å². The molecule has 0 aliphatic rings. The van der Waals surface area contributed by atoms with Gasteiger partial charge in [0.25, 0.3) is 0 Å². The molecule has 1 rings (SSSR count). The maximum Gasteiger partial charge on any atom is 0.307 e. The number of hydrogen-bond donors (Lipinski definition) is 2. The molecule has 0 aromatic heterocycles. The van der Waals surface area contributed by atoms with Gasteiger partial charge in [0.2, 0.25) is 11.8 Å². The van der Waals surface area contributed by atoms with Crippen LogP contribution < -0.4 is 10.9 Å². The summed E-state index contributed by atoms with van der Waals surface area (Å²) in [4.78, 5) is 35.3. The third kappa shape index (κ3) is 7.27. The fourth-order valence-corrected chi connectivity index (χ4v) is 2.29. The van der Waals surface area contributed by atoms with Gasteiger partial charge < -0.3 is 4.74 Å². The van der Waals surface area contributed by atoms with Crippen LogP contribution in [0.3, 0.4) is 0 Å². The van der Waals surface area contributed by atoms with Crippen LogP contribution in [-0.2, 0) is 19.1 Å². The molecule has 0 fully saturated rings. The van der Waals surface area contributed by atoms with E-state index in [1.807, 2.05) is 6.07 Å². The lowest BCUT2D eigenvalue weighted by molar-refractivity contribution is -0.156. The smallest absolute Gasteiger partial charge is 0.307 e. The van der Waals surface area contributed by atoms with E-state index in [4.69, 9.17) is 4.74 Å². The standard InChI is InChI=1S/C16H21BrN2O4/c1-10(20)18-19-15(22)13(9-14(21)23-16(2,3)4)11-6-5-7-12(17)8-11/h5-8,13H,9H2,1-4H3,(H,18,20)(H,19,22). The first-order valence-corrected chi connectivity index (χ1v) is 7.91. The Bertz CT molecular complexity index is 596. The third-order valence-electron chi connectivity index (χ3n) is 2.72. The predicted molar refractivity (Wildman–Crippen MR) is 89.3 cm³/mol. The Morgan fingerprint density at radius 2 is 1.87 bits per heavy atom. The summed E-state index contributed by atoms with van der Waals surface area (Å²) in [5.74, 6) is -2.14. The van der Waals surface area contributed by atoms with Gasteiger partial charge in [-0.2, -0.15) is 0 Å². The van der Waals surface area contributed by atoms with Gasteiger partial charge in [-0.25, -0.2) is 0 Å². The van der Waals surface area contributed by atoms with Gasteiger partial charge in [-0.05, 0) is 38.5 Å². The molecule has 0 saturated carbocycles. The van der Waals surface area contributed by atoms with Gasteiger partial charge in [-0.15, -0.1) is 0 Å². The lowest BCUT2D eigenvalue weighted by atomic mass is 9.95. The van der Waals surface area contributed by atoms with Crippen molar-refractivity contribution in [2.24, 2.45) is 0 Å². The van der Waals surface area contributed by atoms with Crippen LogP contribution in [0.4, 0.5) is 0 Å². The van der Waals surface area contributed by atoms with Crippen molar-refractivity contribution in [2.75, 3.05) is 0 Å². The number of carbonyl (C=O) groups excluding carboxylic acids is 3. The molecule has 126 valence electrons. The zero-order chi connectivity index (χ0) is 17.6. The Hall–Kier alpha value is -1.89. The molecule has 1 aromatic carbocycles. The van der Waals surface area contributed by atoms with Crippen molar-refractivity contribution in [3.63, 3.8) is 0 Å². The molecule has 6 nitrogen and oxygen atoms in total. The minimum Gasteiger partial charge on any atom is -0.460 e. The van der Waals surface area contributed by atoms with E-state index in [2.05, 4.69) is 26.8 Å². The fourth-order valence-electron chi connectivity index (χ4n) is 1.87. The number of hydrazine groups is 1.